The highest BCUT2D eigenvalue weighted by atomic mass is 32.2. The van der Waals surface area contributed by atoms with Crippen molar-refractivity contribution in [2.75, 3.05) is 11.0 Å². The van der Waals surface area contributed by atoms with Crippen LogP contribution in [0.1, 0.15) is 0 Å². The van der Waals surface area contributed by atoms with Crippen molar-refractivity contribution in [3.8, 4) is 0 Å². The summed E-state index contributed by atoms with van der Waals surface area (Å²) in [6.45, 7) is 0. The lowest BCUT2D eigenvalue weighted by molar-refractivity contribution is 0.952. The average Bonchev–Trinajstić information content (AvgIpc) is 2.53. The van der Waals surface area contributed by atoms with E-state index in [0.717, 1.165) is 11.5 Å². The molecule has 12 heavy (non-hydrogen) atoms. The van der Waals surface area contributed by atoms with Crippen LogP contribution in [0.25, 0.3) is 5.65 Å². The number of fused-ring (bicyclic) bond motifs is 1. The first-order valence-corrected chi connectivity index (χ1v) is 4.72. The topological polar surface area (TPSA) is 42.2 Å². The maximum atomic E-state index is 4.14. The van der Waals surface area contributed by atoms with Crippen LogP contribution in [-0.2, 0) is 0 Å². The highest BCUT2D eigenvalue weighted by molar-refractivity contribution is 7.99. The lowest BCUT2D eigenvalue weighted by Crippen LogP contribution is -1.97. The number of anilines is 1. The van der Waals surface area contributed by atoms with Gasteiger partial charge in [-0.15, -0.1) is 0 Å². The van der Waals surface area contributed by atoms with Crippen LogP contribution < -0.4 is 4.72 Å². The fourth-order valence-corrected chi connectivity index (χ4v) is 1.38. The van der Waals surface area contributed by atoms with Gasteiger partial charge >= 0.3 is 0 Å². The maximum absolute atomic E-state index is 4.14. The van der Waals surface area contributed by atoms with Crippen LogP contribution in [0.15, 0.2) is 24.5 Å². The summed E-state index contributed by atoms with van der Waals surface area (Å²) < 4.78 is 4.87. The second-order valence-corrected chi connectivity index (χ2v) is 2.85. The van der Waals surface area contributed by atoms with Crippen LogP contribution >= 0.6 is 11.9 Å². The molecule has 0 atom stereocenters. The molecule has 0 aliphatic heterocycles. The van der Waals surface area contributed by atoms with Crippen LogP contribution in [0.3, 0.4) is 0 Å². The molecule has 0 aliphatic carbocycles. The molecule has 1 N–H and O–H groups in total. The molecular weight excluding hydrogens is 172 g/mol. The molecular formula is C7H8N4S. The summed E-state index contributed by atoms with van der Waals surface area (Å²) in [6.07, 6.45) is 5.46. The van der Waals surface area contributed by atoms with Crippen molar-refractivity contribution in [3.63, 3.8) is 0 Å². The van der Waals surface area contributed by atoms with E-state index in [2.05, 4.69) is 14.8 Å². The first kappa shape index (κ1) is 7.42. The molecule has 2 aromatic heterocycles. The van der Waals surface area contributed by atoms with E-state index in [0.29, 0.717) is 0 Å². The van der Waals surface area contributed by atoms with Crippen molar-refractivity contribution in [3.05, 3.63) is 24.5 Å². The molecule has 0 bridgehead atoms. The predicted molar refractivity (Wildman–Crippen MR) is 50.1 cm³/mol. The molecule has 5 heteroatoms. The van der Waals surface area contributed by atoms with Crippen molar-refractivity contribution in [1.82, 2.24) is 14.6 Å². The monoisotopic (exact) mass is 180 g/mol. The van der Waals surface area contributed by atoms with Crippen molar-refractivity contribution in [2.24, 2.45) is 0 Å². The van der Waals surface area contributed by atoms with Gasteiger partial charge in [0.25, 0.3) is 0 Å². The number of hydrogen-bond acceptors (Lipinski definition) is 4. The van der Waals surface area contributed by atoms with E-state index in [1.807, 2.05) is 18.4 Å². The van der Waals surface area contributed by atoms with Crippen molar-refractivity contribution < 1.29 is 0 Å². The van der Waals surface area contributed by atoms with E-state index in [-0.39, 0.29) is 0 Å². The molecule has 0 amide bonds. The van der Waals surface area contributed by atoms with Gasteiger partial charge in [-0.05, 0) is 6.07 Å². The van der Waals surface area contributed by atoms with Crippen molar-refractivity contribution in [1.29, 1.82) is 0 Å². The van der Waals surface area contributed by atoms with E-state index in [9.17, 15) is 0 Å². The minimum atomic E-state index is 0.856. The highest BCUT2D eigenvalue weighted by Crippen LogP contribution is 2.10. The van der Waals surface area contributed by atoms with Crippen LogP contribution in [0, 0.1) is 0 Å². The van der Waals surface area contributed by atoms with Gasteiger partial charge in [-0.1, -0.05) is 11.9 Å². The Morgan fingerprint density at radius 2 is 2.33 bits per heavy atom. The normalized spacial score (nSPS) is 10.4. The van der Waals surface area contributed by atoms with Gasteiger partial charge in [0.05, 0.1) is 6.20 Å². The Morgan fingerprint density at radius 1 is 1.42 bits per heavy atom. The van der Waals surface area contributed by atoms with Crippen LogP contribution in [0.5, 0.6) is 0 Å². The number of hydrogen-bond donors (Lipinski definition) is 1. The Labute approximate surface area is 74.1 Å². The zero-order valence-electron chi connectivity index (χ0n) is 6.56. The minimum absolute atomic E-state index is 0.856. The first-order chi connectivity index (χ1) is 5.92. The lowest BCUT2D eigenvalue weighted by atomic mass is 10.6. The molecule has 0 unspecified atom stereocenters. The predicted octanol–water partition coefficient (Wildman–Crippen LogP) is 1.42. The van der Waals surface area contributed by atoms with Crippen molar-refractivity contribution in [2.45, 2.75) is 0 Å². The van der Waals surface area contributed by atoms with Crippen LogP contribution in [0.2, 0.25) is 0 Å². The zero-order chi connectivity index (χ0) is 8.39. The Bertz CT molecular complexity index is 384. The summed E-state index contributed by atoms with van der Waals surface area (Å²) in [4.78, 5) is 4.14. The lowest BCUT2D eigenvalue weighted by Gasteiger charge is -2.02. The number of rotatable bonds is 2. The largest absolute Gasteiger partial charge is 0.314 e. The summed E-state index contributed by atoms with van der Waals surface area (Å²) in [6, 6.07) is 3.75. The fraction of sp³-hybridized carbons (Fsp3) is 0.143. The quantitative estimate of drug-likeness (QED) is 0.710. The first-order valence-electron chi connectivity index (χ1n) is 3.49. The van der Waals surface area contributed by atoms with E-state index < -0.39 is 0 Å². The zero-order valence-corrected chi connectivity index (χ0v) is 7.38. The van der Waals surface area contributed by atoms with Gasteiger partial charge in [-0.25, -0.2) is 4.98 Å². The number of nitrogens with zero attached hydrogens (tertiary/aromatic N) is 3. The van der Waals surface area contributed by atoms with Gasteiger partial charge in [0, 0.05) is 18.5 Å². The number of nitrogens with one attached hydrogen (secondary N) is 1. The Kier molecular flexibility index (Phi) is 1.87. The molecule has 0 spiro atoms. The number of aromatic nitrogens is 3. The fourth-order valence-electron chi connectivity index (χ4n) is 1.02. The second-order valence-electron chi connectivity index (χ2n) is 2.24. The van der Waals surface area contributed by atoms with Crippen molar-refractivity contribution >= 4 is 23.4 Å². The molecule has 0 fully saturated rings. The summed E-state index contributed by atoms with van der Waals surface area (Å²) in [5.41, 5.74) is 0.856. The Hall–Kier alpha value is -1.23. The standard InChI is InChI=1S/C7H8N4S/c1-12-10-7-2-4-8-6-3-5-9-11(6)7/h2-5,10H,1H3. The van der Waals surface area contributed by atoms with E-state index in [1.54, 1.807) is 16.9 Å². The smallest absolute Gasteiger partial charge is 0.157 e. The van der Waals surface area contributed by atoms with E-state index >= 15 is 0 Å². The maximum Gasteiger partial charge on any atom is 0.157 e. The summed E-state index contributed by atoms with van der Waals surface area (Å²) in [7, 11) is 0. The minimum Gasteiger partial charge on any atom is -0.314 e. The van der Waals surface area contributed by atoms with Gasteiger partial charge in [-0.2, -0.15) is 9.61 Å². The van der Waals surface area contributed by atoms with Crippen LogP contribution in [-0.4, -0.2) is 20.9 Å². The molecule has 0 saturated carbocycles. The molecule has 4 nitrogen and oxygen atoms in total. The van der Waals surface area contributed by atoms with Gasteiger partial charge < -0.3 is 4.72 Å². The molecule has 2 heterocycles. The third-order valence-electron chi connectivity index (χ3n) is 1.50. The third-order valence-corrected chi connectivity index (χ3v) is 1.91. The molecule has 62 valence electrons. The van der Waals surface area contributed by atoms with Gasteiger partial charge in [0.1, 0.15) is 5.82 Å². The molecule has 0 aliphatic rings. The molecule has 2 rings (SSSR count). The molecule has 2 aromatic rings. The van der Waals surface area contributed by atoms with E-state index in [1.165, 1.54) is 11.9 Å². The second kappa shape index (κ2) is 3.02. The summed E-state index contributed by atoms with van der Waals surface area (Å²) in [5.74, 6) is 0.942. The van der Waals surface area contributed by atoms with Gasteiger partial charge in [-0.3, -0.25) is 0 Å². The van der Waals surface area contributed by atoms with E-state index in [4.69, 9.17) is 0 Å². The Balaban J connectivity index is 2.57. The Morgan fingerprint density at radius 3 is 3.17 bits per heavy atom. The average molecular weight is 180 g/mol. The summed E-state index contributed by atoms with van der Waals surface area (Å²) in [5, 5.41) is 4.12. The van der Waals surface area contributed by atoms with Gasteiger partial charge in [0.15, 0.2) is 5.65 Å². The SMILES string of the molecule is CSNc1ccnc2ccnn12. The highest BCUT2D eigenvalue weighted by Gasteiger charge is 1.98. The summed E-state index contributed by atoms with van der Waals surface area (Å²) >= 11 is 1.53. The van der Waals surface area contributed by atoms with Crippen LogP contribution in [0.4, 0.5) is 5.82 Å². The molecule has 0 aromatic carbocycles. The molecule has 0 saturated heterocycles. The third kappa shape index (κ3) is 1.12. The molecule has 0 radical (unpaired) electrons. The van der Waals surface area contributed by atoms with Gasteiger partial charge in [0.2, 0.25) is 0 Å².